The van der Waals surface area contributed by atoms with Gasteiger partial charge in [-0.3, -0.25) is 4.18 Å². The lowest BCUT2D eigenvalue weighted by molar-refractivity contribution is 0.0427. The van der Waals surface area contributed by atoms with E-state index in [-0.39, 0.29) is 24.3 Å². The molecule has 0 heterocycles. The van der Waals surface area contributed by atoms with E-state index in [0.717, 1.165) is 0 Å². The fraction of sp³-hybridized carbons (Fsp3) is 0.368. The van der Waals surface area contributed by atoms with Gasteiger partial charge < -0.3 is 9.47 Å². The lowest BCUT2D eigenvalue weighted by atomic mass is 10.0. The van der Waals surface area contributed by atoms with Crippen LogP contribution >= 0.6 is 11.6 Å². The molecule has 0 fully saturated rings. The van der Waals surface area contributed by atoms with E-state index in [1.54, 1.807) is 0 Å². The molecule has 0 aliphatic rings. The van der Waals surface area contributed by atoms with Crippen molar-refractivity contribution in [2.45, 2.75) is 18.8 Å². The van der Waals surface area contributed by atoms with Crippen molar-refractivity contribution in [2.24, 2.45) is 0 Å². The summed E-state index contributed by atoms with van der Waals surface area (Å²) in [6, 6.07) is 11.2. The fourth-order valence-corrected chi connectivity index (χ4v) is 2.71. The molecule has 28 heavy (non-hydrogen) atoms. The maximum atomic E-state index is 14.7. The number of rotatable bonds is 12. The maximum Gasteiger partial charge on any atom is 0.298 e. The topological polar surface area (TPSA) is 61.8 Å². The average molecular weight is 435 g/mol. The molecule has 0 bridgehead atoms. The van der Waals surface area contributed by atoms with Crippen molar-refractivity contribution >= 4 is 22.6 Å². The van der Waals surface area contributed by atoms with E-state index in [4.69, 9.17) is 21.1 Å². The molecule has 154 valence electrons. The molecule has 0 radical (unpaired) electrons. The van der Waals surface area contributed by atoms with E-state index in [1.165, 1.54) is 48.5 Å². The van der Waals surface area contributed by atoms with Crippen LogP contribution in [-0.4, -0.2) is 34.1 Å². The third-order valence-corrected chi connectivity index (χ3v) is 4.40. The number of benzene rings is 2. The van der Waals surface area contributed by atoms with Gasteiger partial charge in [0.15, 0.2) is 0 Å². The second-order valence-electron chi connectivity index (χ2n) is 5.77. The molecular formula is C19H21ClF2O5S. The Labute approximate surface area is 169 Å². The van der Waals surface area contributed by atoms with Crippen molar-refractivity contribution in [3.05, 3.63) is 59.7 Å². The summed E-state index contributed by atoms with van der Waals surface area (Å²) in [5, 5.41) is 0. The molecule has 0 unspecified atom stereocenters. The van der Waals surface area contributed by atoms with Gasteiger partial charge in [-0.1, -0.05) is 0 Å². The van der Waals surface area contributed by atoms with Crippen LogP contribution in [0.1, 0.15) is 24.0 Å². The summed E-state index contributed by atoms with van der Waals surface area (Å²) in [6.07, 6.45) is 1.04. The SMILES string of the molecule is O=[SH](=O)OCCCOc1ccc(C(F)(F)c2ccc(OCCCCl)cc2)cc1. The molecule has 0 N–H and O–H groups in total. The highest BCUT2D eigenvalue weighted by Crippen LogP contribution is 2.37. The van der Waals surface area contributed by atoms with Gasteiger partial charge in [-0.2, -0.15) is 8.78 Å². The van der Waals surface area contributed by atoms with E-state index < -0.39 is 16.9 Å². The van der Waals surface area contributed by atoms with Crippen LogP contribution in [0.2, 0.25) is 0 Å². The molecule has 0 saturated heterocycles. The predicted molar refractivity (Wildman–Crippen MR) is 103 cm³/mol. The van der Waals surface area contributed by atoms with Gasteiger partial charge in [-0.15, -0.1) is 11.6 Å². The monoisotopic (exact) mass is 434 g/mol. The molecule has 2 aromatic rings. The van der Waals surface area contributed by atoms with Crippen LogP contribution in [0.3, 0.4) is 0 Å². The maximum absolute atomic E-state index is 14.7. The van der Waals surface area contributed by atoms with Crippen molar-refractivity contribution in [2.75, 3.05) is 25.7 Å². The Kier molecular flexibility index (Phi) is 8.95. The number of halogens is 3. The van der Waals surface area contributed by atoms with Crippen molar-refractivity contribution in [3.63, 3.8) is 0 Å². The lowest BCUT2D eigenvalue weighted by Gasteiger charge is -2.18. The number of alkyl halides is 3. The normalized spacial score (nSPS) is 11.6. The van der Waals surface area contributed by atoms with Crippen LogP contribution in [0.15, 0.2) is 48.5 Å². The van der Waals surface area contributed by atoms with Gasteiger partial charge in [0, 0.05) is 23.4 Å². The Balaban J connectivity index is 1.93. The van der Waals surface area contributed by atoms with Crippen LogP contribution in [0, 0.1) is 0 Å². The number of hydrogen-bond acceptors (Lipinski definition) is 5. The first-order valence-corrected chi connectivity index (χ1v) is 10.2. The summed E-state index contributed by atoms with van der Waals surface area (Å²) in [5.74, 6) is -1.76. The van der Waals surface area contributed by atoms with Crippen molar-refractivity contribution < 1.29 is 30.9 Å². The highest BCUT2D eigenvalue weighted by molar-refractivity contribution is 7.67. The van der Waals surface area contributed by atoms with E-state index in [1.807, 2.05) is 0 Å². The zero-order valence-corrected chi connectivity index (χ0v) is 16.6. The highest BCUT2D eigenvalue weighted by atomic mass is 35.5. The molecule has 2 aromatic carbocycles. The molecule has 9 heteroatoms. The molecule has 0 amide bonds. The van der Waals surface area contributed by atoms with Crippen molar-refractivity contribution in [1.82, 2.24) is 0 Å². The molecule has 0 saturated carbocycles. The predicted octanol–water partition coefficient (Wildman–Crippen LogP) is 4.15. The van der Waals surface area contributed by atoms with Gasteiger partial charge in [0.2, 0.25) is 0 Å². The van der Waals surface area contributed by atoms with E-state index in [9.17, 15) is 17.2 Å². The zero-order chi connectivity index (χ0) is 20.4. The summed E-state index contributed by atoms with van der Waals surface area (Å²) in [7, 11) is -2.87. The molecular weight excluding hydrogens is 414 g/mol. The first kappa shape index (κ1) is 22.4. The van der Waals surface area contributed by atoms with Crippen molar-refractivity contribution in [3.8, 4) is 11.5 Å². The first-order valence-electron chi connectivity index (χ1n) is 8.61. The number of thiol groups is 1. The van der Waals surface area contributed by atoms with Gasteiger partial charge in [0.05, 0.1) is 19.8 Å². The third kappa shape index (κ3) is 6.92. The number of hydrogen-bond donors (Lipinski definition) is 1. The summed E-state index contributed by atoms with van der Waals surface area (Å²) < 4.78 is 65.1. The van der Waals surface area contributed by atoms with E-state index in [0.29, 0.717) is 36.8 Å². The van der Waals surface area contributed by atoms with Crippen LogP contribution in [-0.2, 0) is 21.1 Å². The quantitative estimate of drug-likeness (QED) is 0.309. The minimum Gasteiger partial charge on any atom is -0.494 e. The van der Waals surface area contributed by atoms with Gasteiger partial charge in [0.1, 0.15) is 11.5 Å². The first-order chi connectivity index (χ1) is 13.4. The minimum atomic E-state index is -3.17. The Hall–Kier alpha value is -1.90. The lowest BCUT2D eigenvalue weighted by Crippen LogP contribution is -2.15. The molecule has 0 atom stereocenters. The highest BCUT2D eigenvalue weighted by Gasteiger charge is 2.33. The molecule has 0 aromatic heterocycles. The summed E-state index contributed by atoms with van der Waals surface area (Å²) in [5.41, 5.74) is -0.308. The standard InChI is InChI=1S/C19H21ClF2O5S/c20-11-1-12-25-17-7-3-15(4-8-17)19(21,22)16-5-9-18(10-6-16)26-13-2-14-27-28(23)24/h3-10,28H,1-2,11-14H2. The van der Waals surface area contributed by atoms with Gasteiger partial charge in [-0.05, 0) is 55.0 Å². The molecule has 5 nitrogen and oxygen atoms in total. The molecule has 0 spiro atoms. The fourth-order valence-electron chi connectivity index (χ4n) is 2.32. The summed E-state index contributed by atoms with van der Waals surface area (Å²) in [6.45, 7) is 0.659. The minimum absolute atomic E-state index is 0.0143. The molecule has 0 aliphatic heterocycles. The van der Waals surface area contributed by atoms with E-state index in [2.05, 4.69) is 4.18 Å². The zero-order valence-electron chi connectivity index (χ0n) is 15.0. The van der Waals surface area contributed by atoms with Crippen LogP contribution < -0.4 is 9.47 Å². The van der Waals surface area contributed by atoms with Crippen LogP contribution in [0.4, 0.5) is 8.78 Å². The second kappa shape index (κ2) is 11.2. The summed E-state index contributed by atoms with van der Waals surface area (Å²) in [4.78, 5) is 0. The Morgan fingerprint density at radius 3 is 1.68 bits per heavy atom. The van der Waals surface area contributed by atoms with Crippen LogP contribution in [0.25, 0.3) is 0 Å². The molecule has 2 rings (SSSR count). The third-order valence-electron chi connectivity index (χ3n) is 3.73. The largest absolute Gasteiger partial charge is 0.494 e. The molecule has 0 aliphatic carbocycles. The Morgan fingerprint density at radius 2 is 1.25 bits per heavy atom. The van der Waals surface area contributed by atoms with Crippen molar-refractivity contribution in [1.29, 1.82) is 0 Å². The van der Waals surface area contributed by atoms with Gasteiger partial charge >= 0.3 is 0 Å². The second-order valence-corrected chi connectivity index (χ2v) is 6.86. The van der Waals surface area contributed by atoms with Gasteiger partial charge in [-0.25, -0.2) is 8.42 Å². The number of ether oxygens (including phenoxy) is 2. The Bertz CT molecular complexity index is 787. The van der Waals surface area contributed by atoms with E-state index >= 15 is 0 Å². The smallest absolute Gasteiger partial charge is 0.298 e. The average Bonchev–Trinajstić information content (AvgIpc) is 2.68. The summed E-state index contributed by atoms with van der Waals surface area (Å²) >= 11 is 5.57. The Morgan fingerprint density at radius 1 is 0.786 bits per heavy atom. The van der Waals surface area contributed by atoms with Crippen LogP contribution in [0.5, 0.6) is 11.5 Å². The van der Waals surface area contributed by atoms with Gasteiger partial charge in [0.25, 0.3) is 16.9 Å².